The van der Waals surface area contributed by atoms with Crippen molar-refractivity contribution >= 4 is 37.6 Å². The second kappa shape index (κ2) is 8.70. The summed E-state index contributed by atoms with van der Waals surface area (Å²) in [5.74, 6) is 0.833. The van der Waals surface area contributed by atoms with Gasteiger partial charge in [0.05, 0.1) is 18.1 Å². The Balaban J connectivity index is 1.71. The minimum absolute atomic E-state index is 0.0318. The third-order valence-corrected chi connectivity index (χ3v) is 6.81. The van der Waals surface area contributed by atoms with Crippen molar-refractivity contribution in [1.82, 2.24) is 4.90 Å². The van der Waals surface area contributed by atoms with Gasteiger partial charge >= 0.3 is 0 Å². The van der Waals surface area contributed by atoms with Crippen LogP contribution in [0.4, 0.5) is 0 Å². The molecule has 162 valence electrons. The summed E-state index contributed by atoms with van der Waals surface area (Å²) >= 11 is 3.54. The molecule has 9 heteroatoms. The number of nitrogens with zero attached hydrogens (tertiary/aromatic N) is 2. The summed E-state index contributed by atoms with van der Waals surface area (Å²) in [4.78, 5) is 14.5. The van der Waals surface area contributed by atoms with Crippen molar-refractivity contribution in [3.8, 4) is 5.75 Å². The predicted octanol–water partition coefficient (Wildman–Crippen LogP) is 3.75. The summed E-state index contributed by atoms with van der Waals surface area (Å²) in [5.41, 5.74) is 1.91. The number of carbonyl (C=O) groups excluding carboxylic acids is 1. The molecule has 1 amide bonds. The van der Waals surface area contributed by atoms with Gasteiger partial charge in [0.25, 0.3) is 15.9 Å². The van der Waals surface area contributed by atoms with E-state index in [1.165, 1.54) is 11.2 Å². The van der Waals surface area contributed by atoms with E-state index in [4.69, 9.17) is 9.47 Å². The lowest BCUT2D eigenvalue weighted by molar-refractivity contribution is -0.131. The van der Waals surface area contributed by atoms with Crippen molar-refractivity contribution in [3.05, 3.63) is 40.2 Å². The number of carbonyl (C=O) groups is 1. The van der Waals surface area contributed by atoms with Crippen LogP contribution in [0.15, 0.2) is 39.0 Å². The predicted molar refractivity (Wildman–Crippen MR) is 117 cm³/mol. The van der Waals surface area contributed by atoms with E-state index in [2.05, 4.69) is 26.4 Å². The number of halogens is 1. The summed E-state index contributed by atoms with van der Waals surface area (Å²) < 4.78 is 40.4. The summed E-state index contributed by atoms with van der Waals surface area (Å²) in [6, 6.07) is 5.89. The van der Waals surface area contributed by atoms with Crippen LogP contribution in [0, 0.1) is 0 Å². The fourth-order valence-corrected chi connectivity index (χ4v) is 5.31. The molecule has 3 aliphatic heterocycles. The number of benzene rings is 1. The molecule has 0 spiro atoms. The molecule has 0 radical (unpaired) electrons. The number of sulfonamides is 1. The fourth-order valence-electron chi connectivity index (χ4n) is 4.35. The molecule has 1 saturated heterocycles. The third kappa shape index (κ3) is 4.88. The van der Waals surface area contributed by atoms with Gasteiger partial charge in [0, 0.05) is 11.0 Å². The van der Waals surface area contributed by atoms with Gasteiger partial charge in [-0.05, 0) is 68.2 Å². The molecule has 7 nitrogen and oxygen atoms in total. The van der Waals surface area contributed by atoms with Crippen LogP contribution < -0.4 is 4.74 Å². The van der Waals surface area contributed by atoms with Gasteiger partial charge in [0.15, 0.2) is 6.61 Å². The zero-order chi connectivity index (χ0) is 21.3. The van der Waals surface area contributed by atoms with Gasteiger partial charge in [-0.1, -0.05) is 15.9 Å². The Morgan fingerprint density at radius 2 is 1.97 bits per heavy atom. The Kier molecular flexibility index (Phi) is 6.20. The summed E-state index contributed by atoms with van der Waals surface area (Å²) in [7, 11) is -3.59. The topological polar surface area (TPSA) is 85.3 Å². The highest BCUT2D eigenvalue weighted by Crippen LogP contribution is 2.40. The van der Waals surface area contributed by atoms with E-state index in [9.17, 15) is 13.2 Å². The molecule has 30 heavy (non-hydrogen) atoms. The lowest BCUT2D eigenvalue weighted by Crippen LogP contribution is -2.41. The molecule has 3 heterocycles. The van der Waals surface area contributed by atoms with Crippen LogP contribution in [0.1, 0.15) is 50.0 Å². The maximum Gasteiger partial charge on any atom is 0.265 e. The molecule has 1 saturated carbocycles. The molecular formula is C21H25BrN2O5S. The van der Waals surface area contributed by atoms with Gasteiger partial charge in [0.2, 0.25) is 0 Å². The average molecular weight is 497 g/mol. The third-order valence-electron chi connectivity index (χ3n) is 5.77. The van der Waals surface area contributed by atoms with Crippen LogP contribution in [-0.4, -0.2) is 50.4 Å². The molecule has 2 bridgehead atoms. The minimum atomic E-state index is -3.59. The SMILES string of the molecule is CS(=O)(=O)/N=C1CCCN2C(=O)COc3ccc(Br)cc3C3CCC(CC3)O\C=C\12. The summed E-state index contributed by atoms with van der Waals surface area (Å²) in [6.45, 7) is 0.342. The van der Waals surface area contributed by atoms with Crippen molar-refractivity contribution in [2.45, 2.75) is 50.5 Å². The molecule has 0 atom stereocenters. The zero-order valence-corrected chi connectivity index (χ0v) is 19.2. The molecule has 1 aliphatic carbocycles. The van der Waals surface area contributed by atoms with Gasteiger partial charge in [-0.25, -0.2) is 8.42 Å². The number of fused-ring (bicyclic) bond motifs is 5. The largest absolute Gasteiger partial charge is 0.496 e. The fraction of sp³-hybridized carbons (Fsp3) is 0.524. The van der Waals surface area contributed by atoms with Crippen molar-refractivity contribution in [3.63, 3.8) is 0 Å². The first-order valence-corrected chi connectivity index (χ1v) is 12.8. The molecule has 1 aromatic rings. The van der Waals surface area contributed by atoms with Crippen LogP contribution in [0.25, 0.3) is 0 Å². The van der Waals surface area contributed by atoms with Crippen LogP contribution in [0.5, 0.6) is 5.75 Å². The van der Waals surface area contributed by atoms with Gasteiger partial charge in [0.1, 0.15) is 17.7 Å². The first kappa shape index (κ1) is 21.4. The molecule has 0 aromatic heterocycles. The van der Waals surface area contributed by atoms with Gasteiger partial charge in [-0.3, -0.25) is 4.79 Å². The van der Waals surface area contributed by atoms with E-state index in [1.54, 1.807) is 0 Å². The Morgan fingerprint density at radius 1 is 1.20 bits per heavy atom. The standard InChI is InChI=1S/C21H25BrN2O5S/c1-30(26,27)23-18-3-2-10-24-19(18)12-28-16-7-4-14(5-8-16)17-11-15(22)6-9-20(17)29-13-21(24)25/h6,9,11-12,14,16H,2-5,7-8,10,13H2,1H3/b19-12-,23-18+. The lowest BCUT2D eigenvalue weighted by atomic mass is 9.82. The van der Waals surface area contributed by atoms with Crippen LogP contribution in [0.3, 0.4) is 0 Å². The Labute approximate surface area is 185 Å². The Hall–Kier alpha value is -1.87. The molecule has 0 unspecified atom stereocenters. The highest BCUT2D eigenvalue weighted by Gasteiger charge is 2.31. The summed E-state index contributed by atoms with van der Waals surface area (Å²) in [5, 5.41) is 0. The maximum atomic E-state index is 13.0. The molecular weight excluding hydrogens is 472 g/mol. The van der Waals surface area contributed by atoms with Crippen molar-refractivity contribution < 1.29 is 22.7 Å². The highest BCUT2D eigenvalue weighted by molar-refractivity contribution is 9.10. The number of ether oxygens (including phenoxy) is 2. The van der Waals surface area contributed by atoms with Crippen molar-refractivity contribution in [1.29, 1.82) is 0 Å². The van der Waals surface area contributed by atoms with Crippen molar-refractivity contribution in [2.75, 3.05) is 19.4 Å². The number of hydrogen-bond acceptors (Lipinski definition) is 5. The van der Waals surface area contributed by atoms with Gasteiger partial charge in [-0.2, -0.15) is 4.40 Å². The van der Waals surface area contributed by atoms with Gasteiger partial charge < -0.3 is 14.4 Å². The second-order valence-corrected chi connectivity index (χ2v) is 10.6. The lowest BCUT2D eigenvalue weighted by Gasteiger charge is -2.31. The van der Waals surface area contributed by atoms with E-state index in [1.807, 2.05) is 12.1 Å². The average Bonchev–Trinajstić information content (AvgIpc) is 2.71. The van der Waals surface area contributed by atoms with Crippen molar-refractivity contribution in [2.24, 2.45) is 4.40 Å². The minimum Gasteiger partial charge on any atom is -0.496 e. The van der Waals surface area contributed by atoms with Gasteiger partial charge in [-0.15, -0.1) is 0 Å². The molecule has 1 aromatic carbocycles. The number of rotatable bonds is 1. The molecule has 5 rings (SSSR count). The van der Waals surface area contributed by atoms with E-state index >= 15 is 0 Å². The summed E-state index contributed by atoms with van der Waals surface area (Å²) in [6.07, 6.45) is 7.42. The van der Waals surface area contributed by atoms with Crippen LogP contribution >= 0.6 is 15.9 Å². The molecule has 2 fully saturated rings. The number of piperidine rings is 1. The van der Waals surface area contributed by atoms with E-state index < -0.39 is 10.0 Å². The van der Waals surface area contributed by atoms with Crippen LogP contribution in [0.2, 0.25) is 0 Å². The Morgan fingerprint density at radius 3 is 2.70 bits per heavy atom. The molecule has 4 aliphatic rings. The highest BCUT2D eigenvalue weighted by atomic mass is 79.9. The number of amides is 1. The van der Waals surface area contributed by atoms with E-state index in [0.717, 1.165) is 47.7 Å². The number of hydrogen-bond donors (Lipinski definition) is 0. The quantitative estimate of drug-likeness (QED) is 0.590. The normalized spacial score (nSPS) is 28.1. The molecule has 0 N–H and O–H groups in total. The maximum absolute atomic E-state index is 13.0. The second-order valence-electron chi connectivity index (χ2n) is 8.00. The van der Waals surface area contributed by atoms with Crippen LogP contribution in [-0.2, 0) is 19.6 Å². The monoisotopic (exact) mass is 496 g/mol. The smallest absolute Gasteiger partial charge is 0.265 e. The van der Waals surface area contributed by atoms with E-state index in [0.29, 0.717) is 36.7 Å². The van der Waals surface area contributed by atoms with E-state index in [-0.39, 0.29) is 18.6 Å². The zero-order valence-electron chi connectivity index (χ0n) is 16.8. The first-order valence-electron chi connectivity index (χ1n) is 10.2. The number of allylic oxidation sites excluding steroid dienone is 1. The Bertz CT molecular complexity index is 997. The first-order chi connectivity index (χ1) is 14.3.